The van der Waals surface area contributed by atoms with E-state index in [9.17, 15) is 13.6 Å². The summed E-state index contributed by atoms with van der Waals surface area (Å²) in [6, 6.07) is 10.9. The molecule has 3 heterocycles. The highest BCUT2D eigenvalue weighted by molar-refractivity contribution is 5.76. The summed E-state index contributed by atoms with van der Waals surface area (Å²) in [6.45, 7) is 7.49. The summed E-state index contributed by atoms with van der Waals surface area (Å²) < 4.78 is 29.4. The van der Waals surface area contributed by atoms with Gasteiger partial charge in [-0.25, -0.2) is 13.5 Å². The molecular weight excluding hydrogens is 410 g/mol. The van der Waals surface area contributed by atoms with Crippen molar-refractivity contribution in [3.8, 4) is 0 Å². The summed E-state index contributed by atoms with van der Waals surface area (Å²) in [5.41, 5.74) is 1.76. The molecule has 4 rings (SSSR count). The number of hydrogen-bond donors (Lipinski definition) is 1. The second-order valence-electron chi connectivity index (χ2n) is 10.2. The smallest absolute Gasteiger partial charge is 0.260 e. The van der Waals surface area contributed by atoms with Gasteiger partial charge in [0.05, 0.1) is 5.69 Å². The van der Waals surface area contributed by atoms with E-state index in [1.54, 1.807) is 0 Å². The summed E-state index contributed by atoms with van der Waals surface area (Å²) in [5.74, 6) is 0.983. The van der Waals surface area contributed by atoms with E-state index in [1.807, 2.05) is 62.1 Å². The highest BCUT2D eigenvalue weighted by atomic mass is 19.3. The Hall–Kier alpha value is -2.44. The van der Waals surface area contributed by atoms with Crippen LogP contribution in [0.25, 0.3) is 0 Å². The maximum Gasteiger partial charge on any atom is 0.260 e. The molecule has 0 bridgehead atoms. The van der Waals surface area contributed by atoms with E-state index in [2.05, 4.69) is 10.4 Å². The Labute approximate surface area is 189 Å². The van der Waals surface area contributed by atoms with Gasteiger partial charge in [0.1, 0.15) is 11.9 Å². The van der Waals surface area contributed by atoms with Crippen molar-refractivity contribution in [1.29, 1.82) is 0 Å². The number of aryl methyl sites for hydroxylation is 1. The second kappa shape index (κ2) is 9.20. The molecule has 1 N–H and O–H groups in total. The third-order valence-corrected chi connectivity index (χ3v) is 6.79. The van der Waals surface area contributed by atoms with Crippen LogP contribution in [0.4, 0.5) is 14.6 Å². The van der Waals surface area contributed by atoms with Crippen molar-refractivity contribution in [3.05, 3.63) is 47.7 Å². The zero-order valence-electron chi connectivity index (χ0n) is 19.2. The summed E-state index contributed by atoms with van der Waals surface area (Å²) >= 11 is 0. The molecule has 2 aliphatic heterocycles. The maximum absolute atomic E-state index is 14.0. The quantitative estimate of drug-likeness (QED) is 0.703. The Morgan fingerprint density at radius 2 is 2.00 bits per heavy atom. The zero-order valence-corrected chi connectivity index (χ0v) is 19.2. The van der Waals surface area contributed by atoms with Gasteiger partial charge in [-0.3, -0.25) is 4.79 Å². The van der Waals surface area contributed by atoms with Crippen LogP contribution >= 0.6 is 0 Å². The number of nitrogens with zero attached hydrogens (tertiary/aromatic N) is 3. The zero-order chi connectivity index (χ0) is 22.9. The Kier molecular flexibility index (Phi) is 6.54. The van der Waals surface area contributed by atoms with Crippen LogP contribution in [-0.2, 0) is 16.6 Å². The highest BCUT2D eigenvalue weighted by Gasteiger charge is 2.39. The van der Waals surface area contributed by atoms with E-state index in [1.165, 1.54) is 4.68 Å². The van der Waals surface area contributed by atoms with Crippen molar-refractivity contribution in [2.45, 2.75) is 76.8 Å². The molecule has 1 aromatic heterocycles. The molecule has 7 heteroatoms. The van der Waals surface area contributed by atoms with E-state index in [0.717, 1.165) is 37.1 Å². The number of nitrogens with one attached hydrogen (secondary N) is 1. The topological polar surface area (TPSA) is 50.2 Å². The first-order chi connectivity index (χ1) is 15.2. The molecule has 2 aliphatic rings. The van der Waals surface area contributed by atoms with Crippen molar-refractivity contribution in [3.63, 3.8) is 0 Å². The van der Waals surface area contributed by atoms with Crippen molar-refractivity contribution < 1.29 is 13.6 Å². The molecule has 174 valence electrons. The molecule has 1 amide bonds. The minimum absolute atomic E-state index is 0.0873. The third-order valence-electron chi connectivity index (χ3n) is 6.79. The number of fused-ring (bicyclic) bond motifs is 1. The number of aromatic nitrogens is 2. The summed E-state index contributed by atoms with van der Waals surface area (Å²) in [4.78, 5) is 14.8. The van der Waals surface area contributed by atoms with Crippen molar-refractivity contribution in [2.75, 3.05) is 18.4 Å². The van der Waals surface area contributed by atoms with E-state index in [-0.39, 0.29) is 23.3 Å². The van der Waals surface area contributed by atoms with E-state index < -0.39 is 12.5 Å². The number of alkyl halides is 2. The van der Waals surface area contributed by atoms with Crippen molar-refractivity contribution in [1.82, 2.24) is 14.7 Å². The molecule has 3 atom stereocenters. The molecule has 1 aromatic carbocycles. The number of amides is 1. The fourth-order valence-electron chi connectivity index (χ4n) is 4.87. The average molecular weight is 445 g/mol. The number of piperidine rings is 1. The summed E-state index contributed by atoms with van der Waals surface area (Å²) in [5, 5.41) is 8.00. The van der Waals surface area contributed by atoms with Crippen LogP contribution in [0, 0.1) is 5.92 Å². The Bertz CT molecular complexity index is 922. The van der Waals surface area contributed by atoms with Gasteiger partial charge in [0, 0.05) is 37.0 Å². The summed E-state index contributed by atoms with van der Waals surface area (Å²) in [7, 11) is 0. The molecule has 5 nitrogen and oxygen atoms in total. The first-order valence-corrected chi connectivity index (χ1v) is 11.7. The lowest BCUT2D eigenvalue weighted by atomic mass is 9.85. The average Bonchev–Trinajstić information content (AvgIpc) is 3.22. The van der Waals surface area contributed by atoms with Crippen LogP contribution in [0.1, 0.15) is 63.8 Å². The van der Waals surface area contributed by atoms with Crippen LogP contribution < -0.4 is 5.32 Å². The van der Waals surface area contributed by atoms with Gasteiger partial charge in [0.15, 0.2) is 0 Å². The maximum atomic E-state index is 14.0. The number of likely N-dealkylation sites (tertiary alicyclic amines) is 1. The number of benzene rings is 1. The predicted molar refractivity (Wildman–Crippen MR) is 122 cm³/mol. The van der Waals surface area contributed by atoms with Crippen LogP contribution in [0.15, 0.2) is 36.4 Å². The van der Waals surface area contributed by atoms with Crippen LogP contribution in [0.5, 0.6) is 0 Å². The van der Waals surface area contributed by atoms with E-state index in [4.69, 9.17) is 0 Å². The number of rotatable bonds is 5. The van der Waals surface area contributed by atoms with Gasteiger partial charge in [0.2, 0.25) is 5.91 Å². The van der Waals surface area contributed by atoms with Gasteiger partial charge >= 0.3 is 0 Å². The fourth-order valence-corrected chi connectivity index (χ4v) is 4.87. The van der Waals surface area contributed by atoms with Gasteiger partial charge in [-0.05, 0) is 37.2 Å². The Balaban J connectivity index is 1.43. The first-order valence-electron chi connectivity index (χ1n) is 11.7. The molecule has 0 saturated carbocycles. The standard InChI is InChI=1S/C25H34F2N4O/c1-25(2,3)21-15-22-28-19(14-20(24(26)27)31(22)29-21)18-10-7-13-30(16-18)23(32)12-11-17-8-5-4-6-9-17/h4-6,8-9,15,18-20,24,28H,7,10-14,16H2,1-3H3/t18-,19-,20+/m0/s1. The fraction of sp³-hybridized carbons (Fsp3) is 0.600. The number of halogens is 2. The normalized spacial score (nSPS) is 23.7. The van der Waals surface area contributed by atoms with Gasteiger partial charge in [-0.15, -0.1) is 0 Å². The van der Waals surface area contributed by atoms with Crippen molar-refractivity contribution >= 4 is 11.7 Å². The number of anilines is 1. The lowest BCUT2D eigenvalue weighted by Crippen LogP contribution is -2.48. The monoisotopic (exact) mass is 444 g/mol. The van der Waals surface area contributed by atoms with Gasteiger partial charge in [-0.2, -0.15) is 5.10 Å². The highest BCUT2D eigenvalue weighted by Crippen LogP contribution is 2.38. The van der Waals surface area contributed by atoms with Crippen LogP contribution in [0.3, 0.4) is 0 Å². The van der Waals surface area contributed by atoms with Crippen LogP contribution in [-0.4, -0.2) is 46.1 Å². The Morgan fingerprint density at radius 3 is 2.69 bits per heavy atom. The van der Waals surface area contributed by atoms with Crippen molar-refractivity contribution in [2.24, 2.45) is 5.92 Å². The number of carbonyl (C=O) groups excluding carboxylic acids is 1. The lowest BCUT2D eigenvalue weighted by molar-refractivity contribution is -0.133. The molecule has 0 spiro atoms. The Morgan fingerprint density at radius 1 is 1.25 bits per heavy atom. The second-order valence-corrected chi connectivity index (χ2v) is 10.2. The number of hydrogen-bond acceptors (Lipinski definition) is 3. The SMILES string of the molecule is CC(C)(C)c1cc2n(n1)[C@@H](C(F)F)C[C@@H]([C@H]1CCCN(C(=O)CCc3ccccc3)C1)N2. The lowest BCUT2D eigenvalue weighted by Gasteiger charge is -2.41. The summed E-state index contributed by atoms with van der Waals surface area (Å²) in [6.07, 6.45) is 0.911. The third kappa shape index (κ3) is 4.97. The minimum Gasteiger partial charge on any atom is -0.367 e. The largest absolute Gasteiger partial charge is 0.367 e. The molecular formula is C25H34F2N4O. The molecule has 32 heavy (non-hydrogen) atoms. The van der Waals surface area contributed by atoms with Gasteiger partial charge in [0.25, 0.3) is 6.43 Å². The minimum atomic E-state index is -2.47. The van der Waals surface area contributed by atoms with Gasteiger partial charge < -0.3 is 10.2 Å². The van der Waals surface area contributed by atoms with Gasteiger partial charge in [-0.1, -0.05) is 51.1 Å². The molecule has 0 radical (unpaired) electrons. The molecule has 2 aromatic rings. The van der Waals surface area contributed by atoms with E-state index in [0.29, 0.717) is 25.2 Å². The molecule has 0 aliphatic carbocycles. The van der Waals surface area contributed by atoms with Crippen LogP contribution in [0.2, 0.25) is 0 Å². The predicted octanol–water partition coefficient (Wildman–Crippen LogP) is 5.04. The number of carbonyl (C=O) groups is 1. The molecule has 0 unspecified atom stereocenters. The van der Waals surface area contributed by atoms with E-state index >= 15 is 0 Å². The first kappa shape index (κ1) is 22.7. The molecule has 1 saturated heterocycles. The molecule has 1 fully saturated rings.